The van der Waals surface area contributed by atoms with Crippen molar-refractivity contribution in [2.75, 3.05) is 33.0 Å². The maximum Gasteiger partial charge on any atom is 0.410 e. The van der Waals surface area contributed by atoms with Gasteiger partial charge in [-0.15, -0.1) is 0 Å². The number of carbonyl (C=O) groups excluding carboxylic acids is 2. The summed E-state index contributed by atoms with van der Waals surface area (Å²) in [5.74, 6) is 0.648. The quantitative estimate of drug-likeness (QED) is 0.357. The average Bonchev–Trinajstić information content (AvgIpc) is 3.44. The molecule has 1 saturated heterocycles. The third-order valence-corrected chi connectivity index (χ3v) is 7.40. The van der Waals surface area contributed by atoms with E-state index in [0.29, 0.717) is 56.3 Å². The number of nitrogens with one attached hydrogen (secondary N) is 1. The van der Waals surface area contributed by atoms with Gasteiger partial charge < -0.3 is 29.2 Å². The standard InChI is InChI=1S/C33H37FN2O6/c1-33(2,3)42-32(38)36-16-14-26(24(19-36)20-39-25-10-12-29-30(18-25)41-21-40-29)23-9-11-28(34)27(17-23)31(37)35-15-13-22-7-5-4-6-8-22/h4-12,17-18,24,26H,13-16,19-21H2,1-3H3,(H,35,37)/t24-,26-/m0/s1. The first kappa shape index (κ1) is 29.2. The van der Waals surface area contributed by atoms with Gasteiger partial charge in [-0.25, -0.2) is 9.18 Å². The zero-order chi connectivity index (χ0) is 29.7. The van der Waals surface area contributed by atoms with Crippen molar-refractivity contribution in [3.63, 3.8) is 0 Å². The topological polar surface area (TPSA) is 86.3 Å². The maximum absolute atomic E-state index is 14.9. The van der Waals surface area contributed by atoms with Crippen molar-refractivity contribution in [3.8, 4) is 17.2 Å². The molecule has 2 atom stereocenters. The smallest absolute Gasteiger partial charge is 0.410 e. The second-order valence-electron chi connectivity index (χ2n) is 11.6. The summed E-state index contributed by atoms with van der Waals surface area (Å²) in [6.45, 7) is 7.22. The van der Waals surface area contributed by atoms with Gasteiger partial charge in [0.1, 0.15) is 17.2 Å². The van der Waals surface area contributed by atoms with Gasteiger partial charge in [-0.2, -0.15) is 0 Å². The molecule has 3 aromatic carbocycles. The minimum absolute atomic E-state index is 0.00516. The first-order valence-electron chi connectivity index (χ1n) is 14.3. The molecule has 1 N–H and O–H groups in total. The second-order valence-corrected chi connectivity index (χ2v) is 11.6. The van der Waals surface area contributed by atoms with Crippen molar-refractivity contribution in [2.45, 2.75) is 45.1 Å². The van der Waals surface area contributed by atoms with Crippen LogP contribution < -0.4 is 19.5 Å². The molecule has 0 aliphatic carbocycles. The van der Waals surface area contributed by atoms with Crippen LogP contribution in [0.5, 0.6) is 17.2 Å². The van der Waals surface area contributed by atoms with Crippen molar-refractivity contribution < 1.29 is 32.9 Å². The fraction of sp³-hybridized carbons (Fsp3) is 0.394. The van der Waals surface area contributed by atoms with Crippen LogP contribution in [0.4, 0.5) is 9.18 Å². The Hall–Kier alpha value is -4.27. The molecule has 9 heteroatoms. The molecular formula is C33H37FN2O6. The lowest BCUT2D eigenvalue weighted by molar-refractivity contribution is 0.0111. The van der Waals surface area contributed by atoms with Crippen LogP contribution in [0.25, 0.3) is 0 Å². The highest BCUT2D eigenvalue weighted by atomic mass is 19.1. The molecule has 2 heterocycles. The van der Waals surface area contributed by atoms with Crippen LogP contribution in [0.3, 0.4) is 0 Å². The summed E-state index contributed by atoms with van der Waals surface area (Å²) in [5.41, 5.74) is 1.30. The fourth-order valence-electron chi connectivity index (χ4n) is 5.31. The molecule has 0 spiro atoms. The maximum atomic E-state index is 14.9. The third-order valence-electron chi connectivity index (χ3n) is 7.40. The number of hydrogen-bond acceptors (Lipinski definition) is 6. The van der Waals surface area contributed by atoms with Crippen LogP contribution in [0, 0.1) is 11.7 Å². The predicted molar refractivity (Wildman–Crippen MR) is 156 cm³/mol. The monoisotopic (exact) mass is 576 g/mol. The zero-order valence-electron chi connectivity index (χ0n) is 24.2. The number of ether oxygens (including phenoxy) is 4. The number of fused-ring (bicyclic) bond motifs is 1. The van der Waals surface area contributed by atoms with E-state index in [0.717, 1.165) is 11.1 Å². The number of likely N-dealkylation sites (tertiary alicyclic amines) is 1. The highest BCUT2D eigenvalue weighted by Crippen LogP contribution is 2.38. The molecular weight excluding hydrogens is 539 g/mol. The van der Waals surface area contributed by atoms with E-state index < -0.39 is 17.3 Å². The van der Waals surface area contributed by atoms with Crippen LogP contribution in [-0.4, -0.2) is 55.5 Å². The SMILES string of the molecule is CC(C)(C)OC(=O)N1CC[C@@H](c2ccc(F)c(C(=O)NCCc3ccccc3)c2)[C@H](COc2ccc3c(c2)OCO3)C1. The van der Waals surface area contributed by atoms with Gasteiger partial charge in [-0.05, 0) is 74.9 Å². The lowest BCUT2D eigenvalue weighted by Crippen LogP contribution is -2.46. The first-order valence-corrected chi connectivity index (χ1v) is 14.3. The van der Waals surface area contributed by atoms with Gasteiger partial charge in [-0.1, -0.05) is 36.4 Å². The predicted octanol–water partition coefficient (Wildman–Crippen LogP) is 5.95. The molecule has 5 rings (SSSR count). The summed E-state index contributed by atoms with van der Waals surface area (Å²) < 4.78 is 37.5. The molecule has 2 amide bonds. The molecule has 2 aliphatic heterocycles. The molecule has 0 aromatic heterocycles. The van der Waals surface area contributed by atoms with E-state index >= 15 is 0 Å². The molecule has 3 aromatic rings. The Morgan fingerprint density at radius 2 is 1.81 bits per heavy atom. The lowest BCUT2D eigenvalue weighted by Gasteiger charge is -2.39. The summed E-state index contributed by atoms with van der Waals surface area (Å²) in [7, 11) is 0. The van der Waals surface area contributed by atoms with Crippen molar-refractivity contribution >= 4 is 12.0 Å². The number of benzene rings is 3. The van der Waals surface area contributed by atoms with Crippen molar-refractivity contribution in [1.82, 2.24) is 10.2 Å². The van der Waals surface area contributed by atoms with Crippen LogP contribution in [0.15, 0.2) is 66.7 Å². The summed E-state index contributed by atoms with van der Waals surface area (Å²) in [6, 6.07) is 19.9. The first-order chi connectivity index (χ1) is 20.2. The third kappa shape index (κ3) is 7.32. The molecule has 1 fully saturated rings. The number of nitrogens with zero attached hydrogens (tertiary/aromatic N) is 1. The minimum Gasteiger partial charge on any atom is -0.493 e. The number of amides is 2. The van der Waals surface area contributed by atoms with E-state index in [4.69, 9.17) is 18.9 Å². The summed E-state index contributed by atoms with van der Waals surface area (Å²) in [4.78, 5) is 27.6. The highest BCUT2D eigenvalue weighted by Gasteiger charge is 2.35. The molecule has 8 nitrogen and oxygen atoms in total. The number of halogens is 1. The Morgan fingerprint density at radius 3 is 2.60 bits per heavy atom. The van der Waals surface area contributed by atoms with E-state index in [1.807, 2.05) is 57.2 Å². The van der Waals surface area contributed by atoms with Gasteiger partial charge in [0.05, 0.1) is 12.2 Å². The molecule has 0 radical (unpaired) electrons. The van der Waals surface area contributed by atoms with Crippen LogP contribution in [-0.2, 0) is 11.2 Å². The van der Waals surface area contributed by atoms with Crippen LogP contribution >= 0.6 is 0 Å². The number of carbonyl (C=O) groups is 2. The van der Waals surface area contributed by atoms with E-state index in [2.05, 4.69) is 5.32 Å². The van der Waals surface area contributed by atoms with E-state index in [9.17, 15) is 14.0 Å². The lowest BCUT2D eigenvalue weighted by atomic mass is 9.80. The Kier molecular flexibility index (Phi) is 8.85. The fourth-order valence-corrected chi connectivity index (χ4v) is 5.31. The Bertz CT molecular complexity index is 1410. The Morgan fingerprint density at radius 1 is 1.02 bits per heavy atom. The van der Waals surface area contributed by atoms with Gasteiger partial charge >= 0.3 is 6.09 Å². The van der Waals surface area contributed by atoms with Gasteiger partial charge in [0.25, 0.3) is 5.91 Å². The summed E-state index contributed by atoms with van der Waals surface area (Å²) >= 11 is 0. The largest absolute Gasteiger partial charge is 0.493 e. The van der Waals surface area contributed by atoms with Crippen LogP contribution in [0.1, 0.15) is 54.6 Å². The van der Waals surface area contributed by atoms with Crippen molar-refractivity contribution in [2.24, 2.45) is 5.92 Å². The Labute approximate surface area is 245 Å². The van der Waals surface area contributed by atoms with E-state index in [-0.39, 0.29) is 30.3 Å². The molecule has 2 aliphatic rings. The van der Waals surface area contributed by atoms with Gasteiger partial charge in [0.15, 0.2) is 11.5 Å². The number of piperidine rings is 1. The average molecular weight is 577 g/mol. The summed E-state index contributed by atoms with van der Waals surface area (Å²) in [5, 5.41) is 2.85. The Balaban J connectivity index is 1.31. The second kappa shape index (κ2) is 12.7. The molecule has 222 valence electrons. The van der Waals surface area contributed by atoms with E-state index in [1.165, 1.54) is 6.07 Å². The van der Waals surface area contributed by atoms with Crippen molar-refractivity contribution in [1.29, 1.82) is 0 Å². The highest BCUT2D eigenvalue weighted by molar-refractivity contribution is 5.94. The van der Waals surface area contributed by atoms with Gasteiger partial charge in [-0.3, -0.25) is 4.79 Å². The van der Waals surface area contributed by atoms with E-state index in [1.54, 1.807) is 29.2 Å². The van der Waals surface area contributed by atoms with Gasteiger partial charge in [0.2, 0.25) is 6.79 Å². The number of rotatable bonds is 8. The molecule has 0 bridgehead atoms. The minimum atomic E-state index is -0.619. The van der Waals surface area contributed by atoms with Crippen molar-refractivity contribution in [3.05, 3.63) is 89.2 Å². The molecule has 0 saturated carbocycles. The summed E-state index contributed by atoms with van der Waals surface area (Å²) in [6.07, 6.45) is 0.873. The van der Waals surface area contributed by atoms with Gasteiger partial charge in [0, 0.05) is 31.6 Å². The number of hydrogen-bond donors (Lipinski definition) is 1. The normalized spacial score (nSPS) is 18.0. The van der Waals surface area contributed by atoms with Crippen LogP contribution in [0.2, 0.25) is 0 Å². The molecule has 42 heavy (non-hydrogen) atoms. The molecule has 0 unspecified atom stereocenters. The zero-order valence-corrected chi connectivity index (χ0v) is 24.2.